The van der Waals surface area contributed by atoms with Gasteiger partial charge in [-0.05, 0) is 12.8 Å². The van der Waals surface area contributed by atoms with Crippen molar-refractivity contribution >= 4 is 17.3 Å². The van der Waals surface area contributed by atoms with E-state index >= 15 is 0 Å². The third-order valence-electron chi connectivity index (χ3n) is 2.21. The summed E-state index contributed by atoms with van der Waals surface area (Å²) in [6.45, 7) is 1.22. The number of hydrazine groups is 1. The Morgan fingerprint density at radius 2 is 2.17 bits per heavy atom. The fraction of sp³-hybridized carbons (Fsp3) is 0.556. The van der Waals surface area contributed by atoms with Gasteiger partial charge in [0.25, 0.3) is 0 Å². The van der Waals surface area contributed by atoms with Gasteiger partial charge < -0.3 is 15.5 Å². The first-order valence-corrected chi connectivity index (χ1v) is 5.39. The highest BCUT2D eigenvalue weighted by molar-refractivity contribution is 5.68. The molecule has 4 N–H and O–H groups in total. The third-order valence-corrected chi connectivity index (χ3v) is 2.21. The molecular formula is C9H16N6O3. The van der Waals surface area contributed by atoms with Crippen LogP contribution in [0.4, 0.5) is 17.3 Å². The zero-order valence-corrected chi connectivity index (χ0v) is 10.0. The Bertz CT molecular complexity index is 400. The van der Waals surface area contributed by atoms with Gasteiger partial charge in [-0.15, -0.1) is 0 Å². The van der Waals surface area contributed by atoms with Gasteiger partial charge in [-0.25, -0.2) is 15.8 Å². The maximum atomic E-state index is 10.9. The standard InChI is InChI=1S/C9H16N6O3/c1-18-5-3-2-4-11-8-7(15(16)17)9(14-10)13-6-12-8/h6H,2-5,10H2,1H3,(H2,11,12,13,14). The van der Waals surface area contributed by atoms with Crippen molar-refractivity contribution in [1.82, 2.24) is 9.97 Å². The van der Waals surface area contributed by atoms with E-state index in [-0.39, 0.29) is 17.3 Å². The molecule has 0 atom stereocenters. The van der Waals surface area contributed by atoms with Crippen LogP contribution in [0.5, 0.6) is 0 Å². The molecule has 0 radical (unpaired) electrons. The number of nitrogen functional groups attached to an aromatic ring is 1. The van der Waals surface area contributed by atoms with E-state index in [1.165, 1.54) is 6.33 Å². The van der Waals surface area contributed by atoms with Crippen molar-refractivity contribution in [3.63, 3.8) is 0 Å². The third kappa shape index (κ3) is 3.79. The number of methoxy groups -OCH3 is 1. The van der Waals surface area contributed by atoms with E-state index in [0.717, 1.165) is 12.8 Å². The predicted molar refractivity (Wildman–Crippen MR) is 66.1 cm³/mol. The molecule has 1 aromatic heterocycles. The SMILES string of the molecule is COCCCCNc1ncnc(NN)c1[N+](=O)[O-]. The summed E-state index contributed by atoms with van der Waals surface area (Å²) in [5.74, 6) is 5.30. The first-order chi connectivity index (χ1) is 8.70. The molecular weight excluding hydrogens is 240 g/mol. The van der Waals surface area contributed by atoms with Crippen molar-refractivity contribution in [2.45, 2.75) is 12.8 Å². The van der Waals surface area contributed by atoms with Gasteiger partial charge in [-0.1, -0.05) is 0 Å². The van der Waals surface area contributed by atoms with Gasteiger partial charge in [0.1, 0.15) is 6.33 Å². The predicted octanol–water partition coefficient (Wildman–Crippen LogP) is 0.509. The average molecular weight is 256 g/mol. The minimum absolute atomic E-state index is 0.0191. The van der Waals surface area contributed by atoms with Gasteiger partial charge >= 0.3 is 5.69 Å². The van der Waals surface area contributed by atoms with Crippen LogP contribution < -0.4 is 16.6 Å². The van der Waals surface area contributed by atoms with Crippen molar-refractivity contribution < 1.29 is 9.66 Å². The van der Waals surface area contributed by atoms with E-state index in [1.807, 2.05) is 0 Å². The number of unbranched alkanes of at least 4 members (excludes halogenated alkanes) is 1. The van der Waals surface area contributed by atoms with E-state index in [2.05, 4.69) is 20.7 Å². The fourth-order valence-corrected chi connectivity index (χ4v) is 1.36. The molecule has 0 unspecified atom stereocenters. The highest BCUT2D eigenvalue weighted by Gasteiger charge is 2.21. The number of hydrogen-bond donors (Lipinski definition) is 3. The molecule has 1 aromatic rings. The number of nitrogens with one attached hydrogen (secondary N) is 2. The van der Waals surface area contributed by atoms with Gasteiger partial charge in [-0.2, -0.15) is 0 Å². The highest BCUT2D eigenvalue weighted by Crippen LogP contribution is 2.27. The smallest absolute Gasteiger partial charge is 0.354 e. The van der Waals surface area contributed by atoms with Crippen molar-refractivity contribution in [3.05, 3.63) is 16.4 Å². The molecule has 18 heavy (non-hydrogen) atoms. The Morgan fingerprint density at radius 3 is 2.78 bits per heavy atom. The molecule has 9 heteroatoms. The lowest BCUT2D eigenvalue weighted by Gasteiger charge is -2.07. The van der Waals surface area contributed by atoms with Crippen LogP contribution >= 0.6 is 0 Å². The Balaban J connectivity index is 2.67. The summed E-state index contributed by atoms with van der Waals surface area (Å²) in [6.07, 6.45) is 2.89. The number of aromatic nitrogens is 2. The largest absolute Gasteiger partial charge is 0.385 e. The molecule has 0 bridgehead atoms. The van der Waals surface area contributed by atoms with E-state index in [4.69, 9.17) is 10.6 Å². The summed E-state index contributed by atoms with van der Waals surface area (Å²) < 4.78 is 4.90. The van der Waals surface area contributed by atoms with Gasteiger partial charge in [-0.3, -0.25) is 10.1 Å². The summed E-state index contributed by atoms with van der Waals surface area (Å²) in [7, 11) is 1.63. The van der Waals surface area contributed by atoms with Crippen molar-refractivity contribution in [2.75, 3.05) is 31.0 Å². The maximum Gasteiger partial charge on any atom is 0.354 e. The van der Waals surface area contributed by atoms with Crippen LogP contribution in [0.2, 0.25) is 0 Å². The van der Waals surface area contributed by atoms with Gasteiger partial charge in [0.05, 0.1) is 4.92 Å². The summed E-state index contributed by atoms with van der Waals surface area (Å²) in [6, 6.07) is 0. The minimum Gasteiger partial charge on any atom is -0.385 e. The molecule has 1 heterocycles. The van der Waals surface area contributed by atoms with E-state index < -0.39 is 4.92 Å². The van der Waals surface area contributed by atoms with E-state index in [9.17, 15) is 10.1 Å². The van der Waals surface area contributed by atoms with E-state index in [1.54, 1.807) is 7.11 Å². The molecule has 0 spiro atoms. The average Bonchev–Trinajstić information content (AvgIpc) is 2.37. The van der Waals surface area contributed by atoms with Crippen LogP contribution in [0.3, 0.4) is 0 Å². The summed E-state index contributed by atoms with van der Waals surface area (Å²) in [5.41, 5.74) is 1.92. The van der Waals surface area contributed by atoms with Crippen molar-refractivity contribution in [1.29, 1.82) is 0 Å². The van der Waals surface area contributed by atoms with Crippen LogP contribution in [0.1, 0.15) is 12.8 Å². The first-order valence-electron chi connectivity index (χ1n) is 5.39. The quantitative estimate of drug-likeness (QED) is 0.265. The number of nitro groups is 1. The Morgan fingerprint density at radius 1 is 1.44 bits per heavy atom. The Kier molecular flexibility index (Phi) is 5.74. The fourth-order valence-electron chi connectivity index (χ4n) is 1.36. The molecule has 9 nitrogen and oxygen atoms in total. The highest BCUT2D eigenvalue weighted by atomic mass is 16.6. The lowest BCUT2D eigenvalue weighted by Crippen LogP contribution is -2.14. The van der Waals surface area contributed by atoms with Crippen LogP contribution in [0.25, 0.3) is 0 Å². The normalized spacial score (nSPS) is 10.1. The monoisotopic (exact) mass is 256 g/mol. The van der Waals surface area contributed by atoms with Crippen LogP contribution in [0.15, 0.2) is 6.33 Å². The molecule has 0 saturated carbocycles. The molecule has 0 aliphatic heterocycles. The number of rotatable bonds is 8. The number of ether oxygens (including phenoxy) is 1. The summed E-state index contributed by atoms with van der Waals surface area (Å²) in [4.78, 5) is 17.9. The van der Waals surface area contributed by atoms with Crippen LogP contribution in [-0.4, -0.2) is 35.2 Å². The molecule has 100 valence electrons. The molecule has 0 fully saturated rings. The van der Waals surface area contributed by atoms with Gasteiger partial charge in [0.15, 0.2) is 0 Å². The lowest BCUT2D eigenvalue weighted by molar-refractivity contribution is -0.383. The summed E-state index contributed by atoms with van der Waals surface area (Å²) >= 11 is 0. The zero-order chi connectivity index (χ0) is 13.4. The number of nitrogens with zero attached hydrogens (tertiary/aromatic N) is 3. The van der Waals surface area contributed by atoms with Gasteiger partial charge in [0, 0.05) is 20.3 Å². The second-order valence-corrected chi connectivity index (χ2v) is 3.45. The topological polar surface area (TPSA) is 128 Å². The lowest BCUT2D eigenvalue weighted by atomic mass is 10.3. The molecule has 1 rings (SSSR count). The number of hydrogen-bond acceptors (Lipinski definition) is 8. The maximum absolute atomic E-state index is 10.9. The van der Waals surface area contributed by atoms with Crippen LogP contribution in [0, 0.1) is 10.1 Å². The second kappa shape index (κ2) is 7.35. The van der Waals surface area contributed by atoms with Crippen molar-refractivity contribution in [2.24, 2.45) is 5.84 Å². The number of nitrogens with two attached hydrogens (primary N) is 1. The second-order valence-electron chi connectivity index (χ2n) is 3.45. The molecule has 0 aliphatic rings. The van der Waals surface area contributed by atoms with E-state index in [0.29, 0.717) is 13.2 Å². The summed E-state index contributed by atoms with van der Waals surface area (Å²) in [5, 5.41) is 13.8. The Hall–Kier alpha value is -2.00. The molecule has 0 aromatic carbocycles. The Labute approximate surface area is 104 Å². The van der Waals surface area contributed by atoms with Gasteiger partial charge in [0.2, 0.25) is 11.6 Å². The number of anilines is 2. The molecule has 0 amide bonds. The zero-order valence-electron chi connectivity index (χ0n) is 10.0. The van der Waals surface area contributed by atoms with Crippen LogP contribution in [-0.2, 0) is 4.74 Å². The molecule has 0 saturated heterocycles. The minimum atomic E-state index is -0.577. The van der Waals surface area contributed by atoms with Crippen molar-refractivity contribution in [3.8, 4) is 0 Å². The first kappa shape index (κ1) is 14.1. The molecule has 0 aliphatic carbocycles.